The summed E-state index contributed by atoms with van der Waals surface area (Å²) in [5.41, 5.74) is 0.376. The summed E-state index contributed by atoms with van der Waals surface area (Å²) < 4.78 is 13.2. The first-order valence-electron chi connectivity index (χ1n) is 4.94. The molecule has 1 aromatic heterocycles. The topological polar surface area (TPSA) is 42.0 Å². The maximum Gasteiger partial charge on any atom is 0.257 e. The molecule has 0 aliphatic carbocycles. The summed E-state index contributed by atoms with van der Waals surface area (Å²) in [6.45, 7) is 0. The molecule has 0 saturated carbocycles. The van der Waals surface area contributed by atoms with E-state index in [1.54, 1.807) is 0 Å². The van der Waals surface area contributed by atoms with Gasteiger partial charge in [0.15, 0.2) is 0 Å². The molecule has 0 spiro atoms. The number of hydrogen-bond acceptors (Lipinski definition) is 2. The third-order valence-corrected chi connectivity index (χ3v) is 2.93. The molecule has 6 heteroatoms. The number of amides is 1. The monoisotopic (exact) mass is 284 g/mol. The first-order valence-corrected chi connectivity index (χ1v) is 5.70. The Labute approximate surface area is 113 Å². The molecule has 0 fully saturated rings. The Morgan fingerprint density at radius 2 is 2.06 bits per heavy atom. The van der Waals surface area contributed by atoms with Gasteiger partial charge in [0.25, 0.3) is 5.91 Å². The highest BCUT2D eigenvalue weighted by atomic mass is 35.5. The van der Waals surface area contributed by atoms with Gasteiger partial charge in [0.05, 0.1) is 27.5 Å². The van der Waals surface area contributed by atoms with Gasteiger partial charge in [-0.3, -0.25) is 9.78 Å². The molecule has 0 aliphatic heterocycles. The van der Waals surface area contributed by atoms with Crippen LogP contribution in [0.4, 0.5) is 10.1 Å². The van der Waals surface area contributed by atoms with Crippen LogP contribution in [0.5, 0.6) is 0 Å². The van der Waals surface area contributed by atoms with Crippen LogP contribution in [-0.2, 0) is 0 Å². The van der Waals surface area contributed by atoms with E-state index < -0.39 is 11.7 Å². The molecule has 0 bridgehead atoms. The van der Waals surface area contributed by atoms with Crippen molar-refractivity contribution in [1.82, 2.24) is 4.98 Å². The van der Waals surface area contributed by atoms with Crippen molar-refractivity contribution >= 4 is 34.8 Å². The summed E-state index contributed by atoms with van der Waals surface area (Å²) in [5.74, 6) is -1.20. The molecular formula is C12H7Cl2FN2O. The zero-order valence-electron chi connectivity index (χ0n) is 8.95. The van der Waals surface area contributed by atoms with Gasteiger partial charge in [0.1, 0.15) is 5.82 Å². The Morgan fingerprint density at radius 3 is 2.78 bits per heavy atom. The number of benzene rings is 1. The Hall–Kier alpha value is -1.65. The second-order valence-corrected chi connectivity index (χ2v) is 4.20. The highest BCUT2D eigenvalue weighted by molar-refractivity contribution is 6.36. The van der Waals surface area contributed by atoms with Gasteiger partial charge in [0.2, 0.25) is 0 Å². The molecule has 0 saturated heterocycles. The minimum absolute atomic E-state index is 0.0385. The average Bonchev–Trinajstić information content (AvgIpc) is 2.35. The second-order valence-electron chi connectivity index (χ2n) is 3.41. The van der Waals surface area contributed by atoms with Crippen molar-refractivity contribution in [3.63, 3.8) is 0 Å². The van der Waals surface area contributed by atoms with Gasteiger partial charge >= 0.3 is 0 Å². The largest absolute Gasteiger partial charge is 0.319 e. The molecule has 2 rings (SSSR count). The van der Waals surface area contributed by atoms with Crippen LogP contribution in [0.2, 0.25) is 10.0 Å². The number of nitrogens with zero attached hydrogens (tertiary/aromatic N) is 1. The van der Waals surface area contributed by atoms with E-state index in [0.29, 0.717) is 10.7 Å². The van der Waals surface area contributed by atoms with Crippen LogP contribution in [0.15, 0.2) is 36.7 Å². The average molecular weight is 285 g/mol. The standard InChI is InChI=1S/C12H7Cl2FN2O/c13-8-4-5-16-6-10(8)17-12(18)7-2-1-3-9(15)11(7)14/h1-6H,(H,17,18). The number of carbonyl (C=O) groups excluding carboxylic acids is 1. The van der Waals surface area contributed by atoms with Crippen molar-refractivity contribution in [1.29, 1.82) is 0 Å². The molecule has 1 heterocycles. The summed E-state index contributed by atoms with van der Waals surface area (Å²) in [6.07, 6.45) is 2.89. The summed E-state index contributed by atoms with van der Waals surface area (Å²) >= 11 is 11.6. The molecular weight excluding hydrogens is 278 g/mol. The van der Waals surface area contributed by atoms with Gasteiger partial charge in [-0.1, -0.05) is 29.3 Å². The minimum Gasteiger partial charge on any atom is -0.319 e. The van der Waals surface area contributed by atoms with E-state index in [2.05, 4.69) is 10.3 Å². The summed E-state index contributed by atoms with van der Waals surface area (Å²) in [5, 5.41) is 2.62. The van der Waals surface area contributed by atoms with E-state index >= 15 is 0 Å². The lowest BCUT2D eigenvalue weighted by molar-refractivity contribution is 0.102. The fourth-order valence-electron chi connectivity index (χ4n) is 1.34. The molecule has 0 atom stereocenters. The number of aromatic nitrogens is 1. The van der Waals surface area contributed by atoms with E-state index in [4.69, 9.17) is 23.2 Å². The lowest BCUT2D eigenvalue weighted by atomic mass is 10.2. The Morgan fingerprint density at radius 1 is 1.28 bits per heavy atom. The Kier molecular flexibility index (Phi) is 3.79. The fourth-order valence-corrected chi connectivity index (χ4v) is 1.70. The normalized spacial score (nSPS) is 10.2. The predicted octanol–water partition coefficient (Wildman–Crippen LogP) is 3.78. The minimum atomic E-state index is -0.651. The second kappa shape index (κ2) is 5.33. The molecule has 92 valence electrons. The molecule has 1 aromatic carbocycles. The van der Waals surface area contributed by atoms with Crippen LogP contribution in [0.1, 0.15) is 10.4 Å². The van der Waals surface area contributed by atoms with Crippen molar-refractivity contribution < 1.29 is 9.18 Å². The van der Waals surface area contributed by atoms with Gasteiger partial charge in [-0.15, -0.1) is 0 Å². The maximum atomic E-state index is 13.2. The van der Waals surface area contributed by atoms with Gasteiger partial charge in [-0.05, 0) is 18.2 Å². The van der Waals surface area contributed by atoms with E-state index in [0.717, 1.165) is 0 Å². The van der Waals surface area contributed by atoms with Gasteiger partial charge in [-0.25, -0.2) is 4.39 Å². The van der Waals surface area contributed by atoms with Crippen molar-refractivity contribution in [3.05, 3.63) is 58.1 Å². The van der Waals surface area contributed by atoms with Crippen LogP contribution in [-0.4, -0.2) is 10.9 Å². The third-order valence-electron chi connectivity index (χ3n) is 2.21. The van der Waals surface area contributed by atoms with Gasteiger partial charge in [0, 0.05) is 6.20 Å². The van der Waals surface area contributed by atoms with Crippen LogP contribution >= 0.6 is 23.2 Å². The highest BCUT2D eigenvalue weighted by Crippen LogP contribution is 2.23. The number of carbonyl (C=O) groups is 1. The van der Waals surface area contributed by atoms with E-state index in [1.165, 1.54) is 36.7 Å². The Balaban J connectivity index is 2.28. The zero-order chi connectivity index (χ0) is 13.1. The van der Waals surface area contributed by atoms with Crippen LogP contribution in [0, 0.1) is 5.82 Å². The van der Waals surface area contributed by atoms with Crippen LogP contribution in [0.3, 0.4) is 0 Å². The SMILES string of the molecule is O=C(Nc1cnccc1Cl)c1cccc(F)c1Cl. The molecule has 1 amide bonds. The predicted molar refractivity (Wildman–Crippen MR) is 68.6 cm³/mol. The van der Waals surface area contributed by atoms with E-state index in [-0.39, 0.29) is 10.6 Å². The summed E-state index contributed by atoms with van der Waals surface area (Å²) in [6, 6.07) is 5.53. The van der Waals surface area contributed by atoms with E-state index in [1.807, 2.05) is 0 Å². The van der Waals surface area contributed by atoms with Crippen LogP contribution < -0.4 is 5.32 Å². The number of anilines is 1. The summed E-state index contributed by atoms with van der Waals surface area (Å²) in [4.78, 5) is 15.7. The van der Waals surface area contributed by atoms with Crippen molar-refractivity contribution in [2.24, 2.45) is 0 Å². The maximum absolute atomic E-state index is 13.2. The van der Waals surface area contributed by atoms with Crippen LogP contribution in [0.25, 0.3) is 0 Å². The number of halogens is 3. The zero-order valence-corrected chi connectivity index (χ0v) is 10.5. The number of pyridine rings is 1. The lowest BCUT2D eigenvalue weighted by Gasteiger charge is -2.07. The fraction of sp³-hybridized carbons (Fsp3) is 0. The molecule has 0 aliphatic rings. The van der Waals surface area contributed by atoms with Crippen molar-refractivity contribution in [2.45, 2.75) is 0 Å². The molecule has 2 aromatic rings. The quantitative estimate of drug-likeness (QED) is 0.912. The third kappa shape index (κ3) is 2.60. The van der Waals surface area contributed by atoms with E-state index in [9.17, 15) is 9.18 Å². The van der Waals surface area contributed by atoms with Crippen molar-refractivity contribution in [2.75, 3.05) is 5.32 Å². The number of nitrogens with one attached hydrogen (secondary N) is 1. The van der Waals surface area contributed by atoms with Gasteiger partial charge in [-0.2, -0.15) is 0 Å². The highest BCUT2D eigenvalue weighted by Gasteiger charge is 2.14. The first-order chi connectivity index (χ1) is 8.59. The van der Waals surface area contributed by atoms with Crippen molar-refractivity contribution in [3.8, 4) is 0 Å². The molecule has 18 heavy (non-hydrogen) atoms. The molecule has 0 unspecified atom stereocenters. The smallest absolute Gasteiger partial charge is 0.257 e. The Bertz CT molecular complexity index is 604. The first kappa shape index (κ1) is 12.8. The van der Waals surface area contributed by atoms with Gasteiger partial charge < -0.3 is 5.32 Å². The number of rotatable bonds is 2. The lowest BCUT2D eigenvalue weighted by Crippen LogP contribution is -2.13. The molecule has 1 N–H and O–H groups in total. The number of hydrogen-bond donors (Lipinski definition) is 1. The summed E-state index contributed by atoms with van der Waals surface area (Å²) in [7, 11) is 0. The molecule has 3 nitrogen and oxygen atoms in total. The molecule has 0 radical (unpaired) electrons.